The maximum Gasteiger partial charge on any atom is 0.285 e. The van der Waals surface area contributed by atoms with Crippen molar-refractivity contribution >= 4 is 23.2 Å². The number of piperazine rings is 1. The molecule has 116 valence electrons. The van der Waals surface area contributed by atoms with E-state index in [0.717, 1.165) is 13.1 Å². The van der Waals surface area contributed by atoms with E-state index in [2.05, 4.69) is 20.4 Å². The van der Waals surface area contributed by atoms with Gasteiger partial charge in [0.05, 0.1) is 18.4 Å². The summed E-state index contributed by atoms with van der Waals surface area (Å²) in [4.78, 5) is 27.3. The van der Waals surface area contributed by atoms with Gasteiger partial charge in [-0.05, 0) is 13.8 Å². The monoisotopic (exact) mass is 313 g/mol. The molecular formula is C13H20ClN5O2. The molecule has 21 heavy (non-hydrogen) atoms. The lowest BCUT2D eigenvalue weighted by atomic mass is 10.2. The molecule has 0 spiro atoms. The third-order valence-corrected chi connectivity index (χ3v) is 3.67. The Morgan fingerprint density at radius 1 is 1.43 bits per heavy atom. The third-order valence-electron chi connectivity index (χ3n) is 3.31. The molecule has 1 aliphatic heterocycles. The molecule has 0 atom stereocenters. The van der Waals surface area contributed by atoms with E-state index < -0.39 is 0 Å². The summed E-state index contributed by atoms with van der Waals surface area (Å²) in [6.07, 6.45) is 1.56. The SMILES string of the molecule is CC(C)NC(=O)CN1CCN(c2cn[nH]c(=O)c2Cl)CC1. The minimum Gasteiger partial charge on any atom is -0.366 e. The normalized spacial score (nSPS) is 16.3. The number of aromatic nitrogens is 2. The van der Waals surface area contributed by atoms with Gasteiger partial charge in [0.15, 0.2) is 0 Å². The first-order chi connectivity index (χ1) is 9.97. The van der Waals surface area contributed by atoms with Crippen molar-refractivity contribution in [2.24, 2.45) is 0 Å². The topological polar surface area (TPSA) is 81.3 Å². The smallest absolute Gasteiger partial charge is 0.285 e. The van der Waals surface area contributed by atoms with Crippen LogP contribution in [0.15, 0.2) is 11.0 Å². The Hall–Kier alpha value is -1.60. The van der Waals surface area contributed by atoms with E-state index in [0.29, 0.717) is 25.3 Å². The molecule has 1 aromatic rings. The fourth-order valence-corrected chi connectivity index (χ4v) is 2.52. The van der Waals surface area contributed by atoms with Crippen LogP contribution < -0.4 is 15.8 Å². The van der Waals surface area contributed by atoms with Gasteiger partial charge >= 0.3 is 0 Å². The lowest BCUT2D eigenvalue weighted by Crippen LogP contribution is -2.50. The zero-order chi connectivity index (χ0) is 15.4. The predicted molar refractivity (Wildman–Crippen MR) is 81.8 cm³/mol. The zero-order valence-corrected chi connectivity index (χ0v) is 13.0. The minimum absolute atomic E-state index is 0.0364. The number of carbonyl (C=O) groups excluding carboxylic acids is 1. The summed E-state index contributed by atoms with van der Waals surface area (Å²) in [5.41, 5.74) is 0.264. The highest BCUT2D eigenvalue weighted by Crippen LogP contribution is 2.21. The van der Waals surface area contributed by atoms with E-state index in [1.54, 1.807) is 6.20 Å². The molecule has 1 amide bonds. The van der Waals surface area contributed by atoms with Crippen molar-refractivity contribution in [2.75, 3.05) is 37.6 Å². The Morgan fingerprint density at radius 2 is 2.10 bits per heavy atom. The van der Waals surface area contributed by atoms with Crippen LogP contribution in [-0.4, -0.2) is 59.8 Å². The summed E-state index contributed by atoms with van der Waals surface area (Å²) < 4.78 is 0. The van der Waals surface area contributed by atoms with Gasteiger partial charge in [0.25, 0.3) is 5.56 Å². The Labute approximate surface area is 128 Å². The second-order valence-corrected chi connectivity index (χ2v) is 5.76. The molecule has 2 heterocycles. The van der Waals surface area contributed by atoms with Gasteiger partial charge in [0, 0.05) is 32.2 Å². The van der Waals surface area contributed by atoms with Gasteiger partial charge in [-0.25, -0.2) is 5.10 Å². The van der Waals surface area contributed by atoms with Crippen LogP contribution >= 0.6 is 11.6 Å². The molecule has 1 fully saturated rings. The van der Waals surface area contributed by atoms with Crippen molar-refractivity contribution in [2.45, 2.75) is 19.9 Å². The van der Waals surface area contributed by atoms with Gasteiger partial charge in [-0.1, -0.05) is 11.6 Å². The molecule has 1 aromatic heterocycles. The summed E-state index contributed by atoms with van der Waals surface area (Å²) in [5.74, 6) is 0.0364. The Morgan fingerprint density at radius 3 is 2.71 bits per heavy atom. The number of rotatable bonds is 4. The van der Waals surface area contributed by atoms with E-state index in [4.69, 9.17) is 11.6 Å². The van der Waals surface area contributed by atoms with E-state index in [1.807, 2.05) is 18.7 Å². The van der Waals surface area contributed by atoms with Crippen molar-refractivity contribution in [1.82, 2.24) is 20.4 Å². The van der Waals surface area contributed by atoms with Crippen LogP contribution in [0, 0.1) is 0 Å². The van der Waals surface area contributed by atoms with Gasteiger partial charge in [-0.3, -0.25) is 14.5 Å². The average molecular weight is 314 g/mol. The van der Waals surface area contributed by atoms with Crippen LogP contribution in [0.5, 0.6) is 0 Å². The third kappa shape index (κ3) is 4.18. The number of carbonyl (C=O) groups is 1. The van der Waals surface area contributed by atoms with Crippen molar-refractivity contribution in [1.29, 1.82) is 0 Å². The number of hydrogen-bond acceptors (Lipinski definition) is 5. The Bertz CT molecular complexity index is 552. The molecule has 0 radical (unpaired) electrons. The lowest BCUT2D eigenvalue weighted by Gasteiger charge is -2.35. The van der Waals surface area contributed by atoms with E-state index in [9.17, 15) is 9.59 Å². The van der Waals surface area contributed by atoms with Crippen LogP contribution in [0.3, 0.4) is 0 Å². The van der Waals surface area contributed by atoms with E-state index in [1.165, 1.54) is 0 Å². The minimum atomic E-state index is -0.382. The first-order valence-electron chi connectivity index (χ1n) is 6.97. The molecule has 2 N–H and O–H groups in total. The van der Waals surface area contributed by atoms with E-state index >= 15 is 0 Å². The first kappa shape index (κ1) is 15.8. The highest BCUT2D eigenvalue weighted by atomic mass is 35.5. The second kappa shape index (κ2) is 6.91. The van der Waals surface area contributed by atoms with Crippen molar-refractivity contribution in [3.63, 3.8) is 0 Å². The van der Waals surface area contributed by atoms with Gasteiger partial charge in [0.2, 0.25) is 5.91 Å². The molecule has 1 aliphatic rings. The summed E-state index contributed by atoms with van der Waals surface area (Å²) in [6, 6.07) is 0.153. The first-order valence-corrected chi connectivity index (χ1v) is 7.35. The van der Waals surface area contributed by atoms with Crippen LogP contribution in [0.25, 0.3) is 0 Å². The summed E-state index contributed by atoms with van der Waals surface area (Å²) in [7, 11) is 0. The average Bonchev–Trinajstić information content (AvgIpc) is 2.42. The van der Waals surface area contributed by atoms with Crippen molar-refractivity contribution in [3.05, 3.63) is 21.6 Å². The molecule has 0 aromatic carbocycles. The predicted octanol–water partition coefficient (Wildman–Crippen LogP) is 0.0699. The molecule has 0 saturated carbocycles. The number of nitrogens with one attached hydrogen (secondary N) is 2. The van der Waals surface area contributed by atoms with Gasteiger partial charge < -0.3 is 10.2 Å². The second-order valence-electron chi connectivity index (χ2n) is 5.38. The molecule has 0 bridgehead atoms. The Balaban J connectivity index is 1.90. The zero-order valence-electron chi connectivity index (χ0n) is 12.2. The van der Waals surface area contributed by atoms with Crippen LogP contribution in [0.2, 0.25) is 5.02 Å². The number of H-pyrrole nitrogens is 1. The van der Waals surface area contributed by atoms with Gasteiger partial charge in [-0.15, -0.1) is 0 Å². The van der Waals surface area contributed by atoms with Crippen molar-refractivity contribution in [3.8, 4) is 0 Å². The number of nitrogens with zero attached hydrogens (tertiary/aromatic N) is 3. The van der Waals surface area contributed by atoms with Gasteiger partial charge in [-0.2, -0.15) is 5.10 Å². The largest absolute Gasteiger partial charge is 0.366 e. The number of hydrogen-bond donors (Lipinski definition) is 2. The molecule has 1 saturated heterocycles. The number of anilines is 1. The van der Waals surface area contributed by atoms with Crippen LogP contribution in [0.1, 0.15) is 13.8 Å². The lowest BCUT2D eigenvalue weighted by molar-refractivity contribution is -0.122. The molecule has 0 aliphatic carbocycles. The highest BCUT2D eigenvalue weighted by molar-refractivity contribution is 6.32. The quantitative estimate of drug-likeness (QED) is 0.822. The van der Waals surface area contributed by atoms with Gasteiger partial charge in [0.1, 0.15) is 5.02 Å². The summed E-state index contributed by atoms with van der Waals surface area (Å²) in [6.45, 7) is 7.19. The number of halogens is 1. The maximum absolute atomic E-state index is 11.7. The summed E-state index contributed by atoms with van der Waals surface area (Å²) in [5, 5.41) is 9.13. The molecule has 7 nitrogen and oxygen atoms in total. The standard InChI is InChI=1S/C13H20ClN5O2/c1-9(2)16-11(20)8-18-3-5-19(6-4-18)10-7-15-17-13(21)12(10)14/h7,9H,3-6,8H2,1-2H3,(H,16,20)(H,17,21). The highest BCUT2D eigenvalue weighted by Gasteiger charge is 2.21. The fourth-order valence-electron chi connectivity index (χ4n) is 2.31. The molecule has 0 unspecified atom stereocenters. The molecule has 8 heteroatoms. The van der Waals surface area contributed by atoms with Crippen LogP contribution in [-0.2, 0) is 4.79 Å². The van der Waals surface area contributed by atoms with Crippen molar-refractivity contribution < 1.29 is 4.79 Å². The maximum atomic E-state index is 11.7. The molecular weight excluding hydrogens is 294 g/mol. The number of aromatic amines is 1. The Kier molecular flexibility index (Phi) is 5.19. The summed E-state index contributed by atoms with van der Waals surface area (Å²) >= 11 is 6.00. The van der Waals surface area contributed by atoms with E-state index in [-0.39, 0.29) is 22.5 Å². The van der Waals surface area contributed by atoms with Crippen LogP contribution in [0.4, 0.5) is 5.69 Å². The fraction of sp³-hybridized carbons (Fsp3) is 0.615. The molecule has 2 rings (SSSR count). The number of amides is 1.